The topological polar surface area (TPSA) is 78.7 Å². The molecule has 7 heteroatoms. The number of piperazine rings is 1. The van der Waals surface area contributed by atoms with Crippen LogP contribution in [-0.4, -0.2) is 54.5 Å². The molecule has 0 saturated carbocycles. The fourth-order valence-electron chi connectivity index (χ4n) is 3.63. The van der Waals surface area contributed by atoms with E-state index in [1.807, 2.05) is 6.92 Å². The number of carbonyl (C=O) groups is 1. The molecule has 1 atom stereocenters. The van der Waals surface area contributed by atoms with Crippen LogP contribution >= 0.6 is 0 Å². The second-order valence-electron chi connectivity index (χ2n) is 7.18. The zero-order valence-corrected chi connectivity index (χ0v) is 14.9. The number of nitro benzene ring substituents is 1. The van der Waals surface area contributed by atoms with Crippen LogP contribution in [0, 0.1) is 16.0 Å². The molecule has 0 aliphatic carbocycles. The number of nitro groups is 1. The smallest absolute Gasteiger partial charge is 0.293 e. The molecule has 2 aliphatic heterocycles. The molecular weight excluding hydrogens is 320 g/mol. The lowest BCUT2D eigenvalue weighted by Gasteiger charge is -2.34. The largest absolute Gasteiger partial charge is 0.366 e. The van der Waals surface area contributed by atoms with Crippen molar-refractivity contribution in [2.75, 3.05) is 37.6 Å². The van der Waals surface area contributed by atoms with Gasteiger partial charge >= 0.3 is 0 Å². The summed E-state index contributed by atoms with van der Waals surface area (Å²) in [6.45, 7) is 7.97. The van der Waals surface area contributed by atoms with E-state index >= 15 is 0 Å². The number of rotatable bonds is 3. The minimum absolute atomic E-state index is 0.0307. The van der Waals surface area contributed by atoms with Crippen LogP contribution in [0.3, 0.4) is 0 Å². The molecule has 7 nitrogen and oxygen atoms in total. The van der Waals surface area contributed by atoms with Crippen LogP contribution in [-0.2, 0) is 0 Å². The Kier molecular flexibility index (Phi) is 5.22. The van der Waals surface area contributed by atoms with Gasteiger partial charge in [-0.05, 0) is 37.8 Å². The van der Waals surface area contributed by atoms with Crippen molar-refractivity contribution in [2.24, 2.45) is 5.92 Å². The number of hydrogen-bond donors (Lipinski definition) is 1. The highest BCUT2D eigenvalue weighted by molar-refractivity contribution is 5.96. The maximum atomic E-state index is 12.8. The number of hydrogen-bond acceptors (Lipinski definition) is 5. The van der Waals surface area contributed by atoms with Crippen molar-refractivity contribution in [1.82, 2.24) is 10.2 Å². The maximum Gasteiger partial charge on any atom is 0.293 e. The number of amides is 1. The monoisotopic (exact) mass is 346 g/mol. The van der Waals surface area contributed by atoms with Crippen LogP contribution in [0.5, 0.6) is 0 Å². The van der Waals surface area contributed by atoms with E-state index < -0.39 is 0 Å². The fraction of sp³-hybridized carbons (Fsp3) is 0.611. The number of anilines is 1. The minimum atomic E-state index is -0.370. The second kappa shape index (κ2) is 7.39. The van der Waals surface area contributed by atoms with Gasteiger partial charge in [-0.3, -0.25) is 14.9 Å². The molecule has 1 N–H and O–H groups in total. The number of carbonyl (C=O) groups excluding carboxylic acids is 1. The summed E-state index contributed by atoms with van der Waals surface area (Å²) in [5.41, 5.74) is 1.06. The highest BCUT2D eigenvalue weighted by Crippen LogP contribution is 2.32. The highest BCUT2D eigenvalue weighted by atomic mass is 16.6. The molecule has 2 fully saturated rings. The summed E-state index contributed by atoms with van der Waals surface area (Å²) in [6, 6.07) is 5.01. The molecule has 1 amide bonds. The lowest BCUT2D eigenvalue weighted by molar-refractivity contribution is -0.384. The molecule has 25 heavy (non-hydrogen) atoms. The van der Waals surface area contributed by atoms with Crippen LogP contribution in [0.25, 0.3) is 0 Å². The zero-order chi connectivity index (χ0) is 18.0. The lowest BCUT2D eigenvalue weighted by Crippen LogP contribution is -2.52. The molecular formula is C18H26N4O3. The molecule has 3 rings (SSSR count). The van der Waals surface area contributed by atoms with Crippen molar-refractivity contribution in [3.8, 4) is 0 Å². The molecule has 2 aliphatic rings. The van der Waals surface area contributed by atoms with Crippen LogP contribution in [0.1, 0.15) is 37.0 Å². The van der Waals surface area contributed by atoms with Crippen molar-refractivity contribution in [2.45, 2.75) is 32.7 Å². The minimum Gasteiger partial charge on any atom is -0.366 e. The lowest BCUT2D eigenvalue weighted by atomic mass is 9.98. The molecule has 1 aromatic carbocycles. The van der Waals surface area contributed by atoms with E-state index in [2.05, 4.69) is 17.1 Å². The van der Waals surface area contributed by atoms with Crippen molar-refractivity contribution in [3.05, 3.63) is 33.9 Å². The van der Waals surface area contributed by atoms with Crippen molar-refractivity contribution < 1.29 is 9.72 Å². The summed E-state index contributed by atoms with van der Waals surface area (Å²) >= 11 is 0. The zero-order valence-electron chi connectivity index (χ0n) is 14.9. The normalized spacial score (nSPS) is 22.1. The first-order valence-corrected chi connectivity index (χ1v) is 9.02. The Bertz CT molecular complexity index is 656. The van der Waals surface area contributed by atoms with E-state index in [1.54, 1.807) is 17.0 Å². The first kappa shape index (κ1) is 17.7. The van der Waals surface area contributed by atoms with Gasteiger partial charge in [0.05, 0.1) is 4.92 Å². The molecule has 2 saturated heterocycles. The number of piperidine rings is 1. The van der Waals surface area contributed by atoms with E-state index in [-0.39, 0.29) is 22.6 Å². The summed E-state index contributed by atoms with van der Waals surface area (Å²) < 4.78 is 0. The van der Waals surface area contributed by atoms with Crippen LogP contribution in [0.4, 0.5) is 11.4 Å². The van der Waals surface area contributed by atoms with Crippen LogP contribution in [0.2, 0.25) is 0 Å². The Morgan fingerprint density at radius 2 is 1.96 bits per heavy atom. The van der Waals surface area contributed by atoms with Gasteiger partial charge in [0.15, 0.2) is 0 Å². The van der Waals surface area contributed by atoms with E-state index in [1.165, 1.54) is 6.07 Å². The van der Waals surface area contributed by atoms with Gasteiger partial charge in [0.2, 0.25) is 0 Å². The van der Waals surface area contributed by atoms with Crippen LogP contribution in [0.15, 0.2) is 18.2 Å². The third-order valence-electron chi connectivity index (χ3n) is 5.31. The van der Waals surface area contributed by atoms with E-state index in [0.717, 1.165) is 39.0 Å². The predicted molar refractivity (Wildman–Crippen MR) is 97.1 cm³/mol. The maximum absolute atomic E-state index is 12.8. The Morgan fingerprint density at radius 1 is 1.24 bits per heavy atom. The first-order chi connectivity index (χ1) is 12.0. The predicted octanol–water partition coefficient (Wildman–Crippen LogP) is 2.27. The van der Waals surface area contributed by atoms with Gasteiger partial charge in [0.1, 0.15) is 5.69 Å². The summed E-state index contributed by atoms with van der Waals surface area (Å²) in [4.78, 5) is 27.9. The summed E-state index contributed by atoms with van der Waals surface area (Å²) in [7, 11) is 0. The Labute approximate surface area is 148 Å². The van der Waals surface area contributed by atoms with Crippen molar-refractivity contribution >= 4 is 17.3 Å². The average Bonchev–Trinajstić information content (AvgIpc) is 2.62. The molecule has 2 heterocycles. The summed E-state index contributed by atoms with van der Waals surface area (Å²) in [5, 5.41) is 14.8. The fourth-order valence-corrected chi connectivity index (χ4v) is 3.63. The molecule has 0 bridgehead atoms. The van der Waals surface area contributed by atoms with Gasteiger partial charge in [-0.1, -0.05) is 6.92 Å². The molecule has 0 spiro atoms. The van der Waals surface area contributed by atoms with Gasteiger partial charge in [-0.2, -0.15) is 0 Å². The standard InChI is InChI=1S/C18H26N4O3/c1-13-5-8-20(9-6-13)16-4-3-15(11-17(16)22(24)25)18(23)21-10-7-19-12-14(21)2/h3-4,11,13-14,19H,5-10,12H2,1-2H3/t14-/m1/s1. The van der Waals surface area contributed by atoms with E-state index in [4.69, 9.17) is 0 Å². The SMILES string of the molecule is CC1CCN(c2ccc(C(=O)N3CCNC[C@H]3C)cc2[N+](=O)[O-])CC1. The third kappa shape index (κ3) is 3.76. The summed E-state index contributed by atoms with van der Waals surface area (Å²) in [5.74, 6) is 0.529. The Morgan fingerprint density at radius 3 is 2.60 bits per heavy atom. The van der Waals surface area contributed by atoms with Crippen molar-refractivity contribution in [1.29, 1.82) is 0 Å². The number of nitrogens with zero attached hydrogens (tertiary/aromatic N) is 3. The van der Waals surface area contributed by atoms with Gasteiger partial charge in [0.25, 0.3) is 11.6 Å². The van der Waals surface area contributed by atoms with Gasteiger partial charge in [-0.25, -0.2) is 0 Å². The number of benzene rings is 1. The molecule has 0 unspecified atom stereocenters. The van der Waals surface area contributed by atoms with Crippen LogP contribution < -0.4 is 10.2 Å². The van der Waals surface area contributed by atoms with E-state index in [9.17, 15) is 14.9 Å². The van der Waals surface area contributed by atoms with Crippen molar-refractivity contribution in [3.63, 3.8) is 0 Å². The molecule has 0 aromatic heterocycles. The second-order valence-corrected chi connectivity index (χ2v) is 7.18. The first-order valence-electron chi connectivity index (χ1n) is 9.02. The third-order valence-corrected chi connectivity index (χ3v) is 5.31. The quantitative estimate of drug-likeness (QED) is 0.671. The Balaban J connectivity index is 1.86. The Hall–Kier alpha value is -2.15. The average molecular weight is 346 g/mol. The summed E-state index contributed by atoms with van der Waals surface area (Å²) in [6.07, 6.45) is 2.08. The highest BCUT2D eigenvalue weighted by Gasteiger charge is 2.28. The van der Waals surface area contributed by atoms with E-state index in [0.29, 0.717) is 23.7 Å². The van der Waals surface area contributed by atoms with Gasteiger partial charge in [0, 0.05) is 50.4 Å². The van der Waals surface area contributed by atoms with Gasteiger partial charge < -0.3 is 15.1 Å². The molecule has 1 aromatic rings. The van der Waals surface area contributed by atoms with Gasteiger partial charge in [-0.15, -0.1) is 0 Å². The number of nitrogens with one attached hydrogen (secondary N) is 1. The molecule has 0 radical (unpaired) electrons. The molecule has 136 valence electrons.